The normalized spacial score (nSPS) is 20.7. The van der Waals surface area contributed by atoms with Gasteiger partial charge in [0.25, 0.3) is 0 Å². The third-order valence-electron chi connectivity index (χ3n) is 6.34. The molecular formula is C25H28N4O2. The summed E-state index contributed by atoms with van der Waals surface area (Å²) in [4.78, 5) is 12.0. The van der Waals surface area contributed by atoms with E-state index in [0.717, 1.165) is 42.9 Å². The number of hydrogen-bond acceptors (Lipinski definition) is 6. The van der Waals surface area contributed by atoms with E-state index in [2.05, 4.69) is 39.5 Å². The average molecular weight is 417 g/mol. The van der Waals surface area contributed by atoms with Gasteiger partial charge in [0.15, 0.2) is 0 Å². The van der Waals surface area contributed by atoms with Crippen LogP contribution in [-0.2, 0) is 36.5 Å². The van der Waals surface area contributed by atoms with Gasteiger partial charge in [0.05, 0.1) is 30.9 Å². The molecule has 1 spiro atoms. The van der Waals surface area contributed by atoms with Crippen LogP contribution in [0.5, 0.6) is 0 Å². The van der Waals surface area contributed by atoms with Crippen LogP contribution >= 0.6 is 0 Å². The van der Waals surface area contributed by atoms with Crippen molar-refractivity contribution < 1.29 is 9.84 Å². The molecule has 0 aliphatic carbocycles. The fourth-order valence-corrected chi connectivity index (χ4v) is 4.67. The van der Waals surface area contributed by atoms with E-state index in [9.17, 15) is 5.11 Å². The fourth-order valence-electron chi connectivity index (χ4n) is 4.67. The summed E-state index contributed by atoms with van der Waals surface area (Å²) in [5.41, 5.74) is 5.59. The molecule has 31 heavy (non-hydrogen) atoms. The highest BCUT2D eigenvalue weighted by Gasteiger charge is 2.44. The van der Waals surface area contributed by atoms with Crippen molar-refractivity contribution in [3.05, 3.63) is 88.7 Å². The summed E-state index contributed by atoms with van der Waals surface area (Å²) >= 11 is 0. The molecule has 2 aromatic carbocycles. The van der Waals surface area contributed by atoms with E-state index in [1.807, 2.05) is 36.5 Å². The van der Waals surface area contributed by atoms with Crippen molar-refractivity contribution in [3.63, 3.8) is 0 Å². The molecule has 3 heterocycles. The number of benzene rings is 2. The van der Waals surface area contributed by atoms with Gasteiger partial charge in [-0.2, -0.15) is 0 Å². The lowest BCUT2D eigenvalue weighted by atomic mass is 9.80. The number of rotatable bonds is 6. The van der Waals surface area contributed by atoms with Gasteiger partial charge in [-0.3, -0.25) is 4.90 Å². The van der Waals surface area contributed by atoms with Gasteiger partial charge in [-0.05, 0) is 29.7 Å². The van der Waals surface area contributed by atoms with Crippen molar-refractivity contribution in [2.75, 3.05) is 25.0 Å². The van der Waals surface area contributed by atoms with Crippen LogP contribution in [-0.4, -0.2) is 39.7 Å². The van der Waals surface area contributed by atoms with Crippen molar-refractivity contribution >= 4 is 5.95 Å². The third kappa shape index (κ3) is 4.32. The minimum absolute atomic E-state index is 0.0786. The molecule has 2 aliphatic heterocycles. The second-order valence-corrected chi connectivity index (χ2v) is 8.62. The minimum atomic E-state index is -0.0786. The van der Waals surface area contributed by atoms with Crippen molar-refractivity contribution in [2.24, 2.45) is 0 Å². The van der Waals surface area contributed by atoms with E-state index >= 15 is 0 Å². The SMILES string of the molecule is OCc1ccc(CN2CC[C@]3(COCc4cnc(NCc5ccccc5)nc43)C2)cc1. The lowest BCUT2D eigenvalue weighted by Gasteiger charge is -2.34. The molecular weight excluding hydrogens is 388 g/mol. The first-order valence-corrected chi connectivity index (χ1v) is 10.9. The molecule has 0 amide bonds. The lowest BCUT2D eigenvalue weighted by molar-refractivity contribution is 0.0503. The van der Waals surface area contributed by atoms with Crippen LogP contribution in [0.25, 0.3) is 0 Å². The second kappa shape index (κ2) is 8.75. The summed E-state index contributed by atoms with van der Waals surface area (Å²) in [6, 6.07) is 18.5. The zero-order valence-electron chi connectivity index (χ0n) is 17.6. The molecule has 0 radical (unpaired) electrons. The maximum absolute atomic E-state index is 9.26. The van der Waals surface area contributed by atoms with Gasteiger partial charge in [0.1, 0.15) is 0 Å². The molecule has 1 aromatic heterocycles. The summed E-state index contributed by atoms with van der Waals surface area (Å²) in [6.07, 6.45) is 2.96. The molecule has 1 saturated heterocycles. The Kier molecular flexibility index (Phi) is 5.68. The molecule has 0 saturated carbocycles. The number of nitrogens with one attached hydrogen (secondary N) is 1. The van der Waals surface area contributed by atoms with E-state index in [4.69, 9.17) is 9.72 Å². The smallest absolute Gasteiger partial charge is 0.223 e. The molecule has 1 atom stereocenters. The number of aromatic nitrogens is 2. The van der Waals surface area contributed by atoms with E-state index in [-0.39, 0.29) is 12.0 Å². The number of ether oxygens (including phenoxy) is 1. The fraction of sp³-hybridized carbons (Fsp3) is 0.360. The standard InChI is InChI=1S/C25H28N4O2/c30-15-21-8-6-20(7-9-21)14-29-11-10-25(17-29)18-31-16-22-13-27-24(28-23(22)25)26-12-19-4-2-1-3-5-19/h1-9,13,30H,10-12,14-18H2,(H,26,27,28)/t25-/m1/s1. The largest absolute Gasteiger partial charge is 0.392 e. The van der Waals surface area contributed by atoms with E-state index in [0.29, 0.717) is 25.7 Å². The van der Waals surface area contributed by atoms with Gasteiger partial charge in [0.2, 0.25) is 5.95 Å². The molecule has 160 valence electrons. The number of hydrogen-bond donors (Lipinski definition) is 2. The quantitative estimate of drug-likeness (QED) is 0.643. The number of fused-ring (bicyclic) bond motifs is 2. The van der Waals surface area contributed by atoms with Crippen LogP contribution in [0.4, 0.5) is 5.95 Å². The number of nitrogens with zero attached hydrogens (tertiary/aromatic N) is 3. The summed E-state index contributed by atoms with van der Waals surface area (Å²) in [7, 11) is 0. The van der Waals surface area contributed by atoms with Crippen molar-refractivity contribution in [1.82, 2.24) is 14.9 Å². The third-order valence-corrected chi connectivity index (χ3v) is 6.34. The zero-order chi connectivity index (χ0) is 21.1. The van der Waals surface area contributed by atoms with Crippen LogP contribution in [0, 0.1) is 0 Å². The Morgan fingerprint density at radius 3 is 2.65 bits per heavy atom. The van der Waals surface area contributed by atoms with Crippen LogP contribution in [0.15, 0.2) is 60.8 Å². The van der Waals surface area contributed by atoms with Crippen LogP contribution in [0.2, 0.25) is 0 Å². The van der Waals surface area contributed by atoms with Crippen LogP contribution in [0.1, 0.15) is 34.4 Å². The average Bonchev–Trinajstić information content (AvgIpc) is 3.22. The maximum atomic E-state index is 9.26. The summed E-state index contributed by atoms with van der Waals surface area (Å²) in [6.45, 7) is 4.92. The second-order valence-electron chi connectivity index (χ2n) is 8.62. The minimum Gasteiger partial charge on any atom is -0.392 e. The highest BCUT2D eigenvalue weighted by molar-refractivity contribution is 5.37. The summed E-state index contributed by atoms with van der Waals surface area (Å²) in [5.74, 6) is 0.682. The predicted octanol–water partition coefficient (Wildman–Crippen LogP) is 3.25. The van der Waals surface area contributed by atoms with Crippen molar-refractivity contribution in [1.29, 1.82) is 0 Å². The van der Waals surface area contributed by atoms with Crippen LogP contribution in [0.3, 0.4) is 0 Å². The van der Waals surface area contributed by atoms with E-state index in [1.165, 1.54) is 11.1 Å². The number of aliphatic hydroxyl groups is 1. The summed E-state index contributed by atoms with van der Waals surface area (Å²) in [5, 5.41) is 12.6. The predicted molar refractivity (Wildman–Crippen MR) is 119 cm³/mol. The Morgan fingerprint density at radius 1 is 1.03 bits per heavy atom. The highest BCUT2D eigenvalue weighted by atomic mass is 16.5. The highest BCUT2D eigenvalue weighted by Crippen LogP contribution is 2.39. The molecule has 0 bridgehead atoms. The van der Waals surface area contributed by atoms with Gasteiger partial charge >= 0.3 is 0 Å². The Bertz CT molecular complexity index is 1030. The first-order chi connectivity index (χ1) is 15.2. The number of anilines is 1. The molecule has 3 aromatic rings. The van der Waals surface area contributed by atoms with Crippen LogP contribution < -0.4 is 5.32 Å². The van der Waals surface area contributed by atoms with E-state index < -0.39 is 0 Å². The molecule has 2 N–H and O–H groups in total. The molecule has 6 heteroatoms. The maximum Gasteiger partial charge on any atom is 0.223 e. The van der Waals surface area contributed by atoms with Gasteiger partial charge in [-0.15, -0.1) is 0 Å². The first kappa shape index (κ1) is 20.1. The van der Waals surface area contributed by atoms with Gasteiger partial charge in [-0.1, -0.05) is 54.6 Å². The molecule has 5 rings (SSSR count). The van der Waals surface area contributed by atoms with Gasteiger partial charge < -0.3 is 15.2 Å². The van der Waals surface area contributed by atoms with Gasteiger partial charge in [-0.25, -0.2) is 9.97 Å². The first-order valence-electron chi connectivity index (χ1n) is 10.9. The Balaban J connectivity index is 1.31. The molecule has 2 aliphatic rings. The zero-order valence-corrected chi connectivity index (χ0v) is 17.6. The van der Waals surface area contributed by atoms with Gasteiger partial charge in [0, 0.05) is 31.4 Å². The van der Waals surface area contributed by atoms with Crippen molar-refractivity contribution in [2.45, 2.75) is 38.1 Å². The molecule has 6 nitrogen and oxygen atoms in total. The Labute approximate surface area is 182 Å². The summed E-state index contributed by atoms with van der Waals surface area (Å²) < 4.78 is 5.98. The lowest BCUT2D eigenvalue weighted by Crippen LogP contribution is -2.40. The Hall–Kier alpha value is -2.80. The molecule has 1 fully saturated rings. The Morgan fingerprint density at radius 2 is 1.84 bits per heavy atom. The molecule has 0 unspecified atom stereocenters. The monoisotopic (exact) mass is 416 g/mol. The van der Waals surface area contributed by atoms with E-state index in [1.54, 1.807) is 0 Å². The number of aliphatic hydroxyl groups excluding tert-OH is 1. The van der Waals surface area contributed by atoms with Crippen molar-refractivity contribution in [3.8, 4) is 0 Å². The number of likely N-dealkylation sites (tertiary alicyclic amines) is 1. The topological polar surface area (TPSA) is 70.5 Å².